The number of ketones is 1. The van der Waals surface area contributed by atoms with Crippen molar-refractivity contribution in [3.8, 4) is 5.75 Å². The lowest BCUT2D eigenvalue weighted by Gasteiger charge is -2.38. The van der Waals surface area contributed by atoms with E-state index in [9.17, 15) is 4.79 Å². The van der Waals surface area contributed by atoms with Crippen molar-refractivity contribution in [3.63, 3.8) is 0 Å². The molecule has 3 bridgehead atoms. The number of fused-ring (bicyclic) bond motifs is 3. The van der Waals surface area contributed by atoms with Crippen molar-refractivity contribution in [2.75, 3.05) is 7.11 Å². The zero-order valence-electron chi connectivity index (χ0n) is 16.0. The molecular formula is C24H27NO2. The molecule has 140 valence electrons. The van der Waals surface area contributed by atoms with Gasteiger partial charge in [0.05, 0.1) is 12.6 Å². The molecular weight excluding hydrogens is 334 g/mol. The molecule has 0 saturated heterocycles. The van der Waals surface area contributed by atoms with Gasteiger partial charge < -0.3 is 4.74 Å². The summed E-state index contributed by atoms with van der Waals surface area (Å²) in [5.74, 6) is 3.67. The average molecular weight is 361 g/mol. The van der Waals surface area contributed by atoms with E-state index < -0.39 is 0 Å². The molecule has 3 aliphatic rings. The van der Waals surface area contributed by atoms with E-state index in [-0.39, 0.29) is 5.41 Å². The number of hydrogen-bond donors (Lipinski definition) is 0. The smallest absolute Gasteiger partial charge is 0.161 e. The Morgan fingerprint density at radius 3 is 3.00 bits per heavy atom. The fourth-order valence-electron chi connectivity index (χ4n) is 6.17. The van der Waals surface area contributed by atoms with E-state index in [1.54, 1.807) is 7.11 Å². The Balaban J connectivity index is 1.40. The van der Waals surface area contributed by atoms with Crippen molar-refractivity contribution < 1.29 is 9.53 Å². The molecule has 1 aromatic carbocycles. The van der Waals surface area contributed by atoms with E-state index in [4.69, 9.17) is 4.74 Å². The first kappa shape index (κ1) is 17.0. The monoisotopic (exact) mass is 361 g/mol. The first-order valence-electron chi connectivity index (χ1n) is 10.3. The second-order valence-corrected chi connectivity index (χ2v) is 8.96. The van der Waals surface area contributed by atoms with Crippen LogP contribution in [-0.4, -0.2) is 17.9 Å². The van der Waals surface area contributed by atoms with Crippen molar-refractivity contribution in [1.29, 1.82) is 0 Å². The van der Waals surface area contributed by atoms with E-state index in [0.29, 0.717) is 5.78 Å². The highest BCUT2D eigenvalue weighted by molar-refractivity contribution is 5.98. The lowest BCUT2D eigenvalue weighted by molar-refractivity contribution is -0.127. The van der Waals surface area contributed by atoms with Gasteiger partial charge in [0.15, 0.2) is 5.78 Å². The third-order valence-electron chi connectivity index (χ3n) is 7.36. The number of pyridine rings is 1. The number of hydrogen-bond acceptors (Lipinski definition) is 3. The van der Waals surface area contributed by atoms with Crippen LogP contribution in [0.1, 0.15) is 50.5 Å². The van der Waals surface area contributed by atoms with Gasteiger partial charge >= 0.3 is 0 Å². The van der Waals surface area contributed by atoms with Crippen molar-refractivity contribution >= 4 is 22.8 Å². The summed E-state index contributed by atoms with van der Waals surface area (Å²) >= 11 is 0. The number of allylic oxidation sites excluding steroid dienone is 1. The number of carbonyl (C=O) groups is 1. The number of nitrogens with zero attached hydrogens (tertiary/aromatic N) is 1. The van der Waals surface area contributed by atoms with Gasteiger partial charge in [0.25, 0.3) is 0 Å². The Labute approximate surface area is 160 Å². The largest absolute Gasteiger partial charge is 0.497 e. The van der Waals surface area contributed by atoms with Crippen molar-refractivity contribution in [3.05, 3.63) is 42.1 Å². The molecule has 0 amide bonds. The number of rotatable bonds is 4. The van der Waals surface area contributed by atoms with Gasteiger partial charge in [-0.15, -0.1) is 0 Å². The minimum Gasteiger partial charge on any atom is -0.497 e. The average Bonchev–Trinajstić information content (AvgIpc) is 2.90. The van der Waals surface area contributed by atoms with Crippen LogP contribution in [0.2, 0.25) is 0 Å². The normalized spacial score (nSPS) is 32.1. The molecule has 1 heterocycles. The van der Waals surface area contributed by atoms with Crippen molar-refractivity contribution in [2.24, 2.45) is 23.2 Å². The summed E-state index contributed by atoms with van der Waals surface area (Å²) in [5.41, 5.74) is 1.84. The summed E-state index contributed by atoms with van der Waals surface area (Å²) in [5, 5.41) is 1.04. The summed E-state index contributed by atoms with van der Waals surface area (Å²) in [4.78, 5) is 17.8. The van der Waals surface area contributed by atoms with Crippen LogP contribution in [0.25, 0.3) is 17.0 Å². The maximum Gasteiger partial charge on any atom is 0.161 e. The van der Waals surface area contributed by atoms with Gasteiger partial charge in [-0.05, 0) is 91.8 Å². The van der Waals surface area contributed by atoms with Gasteiger partial charge in [-0.3, -0.25) is 9.78 Å². The highest BCUT2D eigenvalue weighted by atomic mass is 16.5. The van der Waals surface area contributed by atoms with E-state index in [1.165, 1.54) is 25.7 Å². The summed E-state index contributed by atoms with van der Waals surface area (Å²) < 4.78 is 5.31. The van der Waals surface area contributed by atoms with Gasteiger partial charge in [-0.2, -0.15) is 0 Å². The van der Waals surface area contributed by atoms with Crippen molar-refractivity contribution in [2.45, 2.75) is 44.9 Å². The number of methoxy groups -OCH3 is 1. The molecule has 0 spiro atoms. The summed E-state index contributed by atoms with van der Waals surface area (Å²) in [7, 11) is 1.67. The first-order chi connectivity index (χ1) is 13.1. The molecule has 2 aromatic rings. The number of carbonyl (C=O) groups excluding carboxylic acids is 1. The van der Waals surface area contributed by atoms with Crippen LogP contribution in [0.5, 0.6) is 5.75 Å². The van der Waals surface area contributed by atoms with Gasteiger partial charge in [0.1, 0.15) is 5.75 Å². The molecule has 0 aliphatic heterocycles. The van der Waals surface area contributed by atoms with Crippen LogP contribution in [0.15, 0.2) is 36.5 Å². The molecule has 3 heteroatoms. The second-order valence-electron chi connectivity index (χ2n) is 8.96. The Hall–Kier alpha value is -2.16. The topological polar surface area (TPSA) is 39.2 Å². The Morgan fingerprint density at radius 2 is 2.11 bits per heavy atom. The number of ether oxygens (including phenoxy) is 1. The van der Waals surface area contributed by atoms with Gasteiger partial charge in [-0.25, -0.2) is 0 Å². The molecule has 4 unspecified atom stereocenters. The lowest BCUT2D eigenvalue weighted by atomic mass is 9.65. The Morgan fingerprint density at radius 1 is 1.22 bits per heavy atom. The third-order valence-corrected chi connectivity index (χ3v) is 7.36. The van der Waals surface area contributed by atoms with Gasteiger partial charge in [-0.1, -0.05) is 12.8 Å². The van der Waals surface area contributed by atoms with Crippen molar-refractivity contribution in [1.82, 2.24) is 4.98 Å². The number of aromatic nitrogens is 1. The molecule has 3 fully saturated rings. The molecule has 5 rings (SSSR count). The third kappa shape index (κ3) is 2.97. The molecule has 3 saturated carbocycles. The molecule has 27 heavy (non-hydrogen) atoms. The van der Waals surface area contributed by atoms with Crippen LogP contribution in [0.3, 0.4) is 0 Å². The SMILES string of the molecule is COc1ccc2ncc(/C=C/C(=O)C34CCCC5CC(CC5C3)C4)cc2c1. The van der Waals surface area contributed by atoms with Crippen LogP contribution in [-0.2, 0) is 4.79 Å². The van der Waals surface area contributed by atoms with Gasteiger partial charge in [0.2, 0.25) is 0 Å². The predicted octanol–water partition coefficient (Wildman–Crippen LogP) is 5.43. The predicted molar refractivity (Wildman–Crippen MR) is 108 cm³/mol. The fourth-order valence-corrected chi connectivity index (χ4v) is 6.17. The zero-order valence-corrected chi connectivity index (χ0v) is 16.0. The highest BCUT2D eigenvalue weighted by Crippen LogP contribution is 2.59. The maximum atomic E-state index is 13.3. The standard InChI is InChI=1S/C24H27NO2/c1-27-21-5-6-22-19(12-21)9-16(15-25-22)4-7-23(26)24-8-2-3-18-10-17(13-24)11-20(18)14-24/h4-7,9,12,15,17-18,20H,2-3,8,10-11,13-14H2,1H3/b7-4+. The summed E-state index contributed by atoms with van der Waals surface area (Å²) in [6.07, 6.45) is 14.3. The Kier molecular flexibility index (Phi) is 4.07. The molecule has 0 radical (unpaired) electrons. The summed E-state index contributed by atoms with van der Waals surface area (Å²) in [6, 6.07) is 7.96. The minimum absolute atomic E-state index is 0.0805. The zero-order chi connectivity index (χ0) is 18.4. The van der Waals surface area contributed by atoms with Gasteiger partial charge in [0, 0.05) is 17.0 Å². The maximum absolute atomic E-state index is 13.3. The van der Waals surface area contributed by atoms with E-state index in [0.717, 1.165) is 59.2 Å². The minimum atomic E-state index is -0.0805. The molecule has 1 aromatic heterocycles. The second kappa shape index (κ2) is 6.47. The Bertz CT molecular complexity index is 918. The van der Waals surface area contributed by atoms with E-state index in [2.05, 4.69) is 11.1 Å². The molecule has 3 nitrogen and oxygen atoms in total. The number of benzene rings is 1. The quantitative estimate of drug-likeness (QED) is 0.681. The molecule has 0 N–H and O–H groups in total. The van der Waals surface area contributed by atoms with Crippen LogP contribution >= 0.6 is 0 Å². The molecule has 4 atom stereocenters. The summed E-state index contributed by atoms with van der Waals surface area (Å²) in [6.45, 7) is 0. The van der Waals surface area contributed by atoms with E-state index >= 15 is 0 Å². The first-order valence-corrected chi connectivity index (χ1v) is 10.3. The highest BCUT2D eigenvalue weighted by Gasteiger charge is 2.52. The van der Waals surface area contributed by atoms with Crippen LogP contribution < -0.4 is 4.74 Å². The van der Waals surface area contributed by atoms with Crippen LogP contribution in [0, 0.1) is 23.2 Å². The fraction of sp³-hybridized carbons (Fsp3) is 0.500. The molecule has 3 aliphatic carbocycles. The lowest BCUT2D eigenvalue weighted by Crippen LogP contribution is -2.35. The van der Waals surface area contributed by atoms with Crippen LogP contribution in [0.4, 0.5) is 0 Å². The van der Waals surface area contributed by atoms with E-state index in [1.807, 2.05) is 36.5 Å².